The molecule has 3 rings (SSSR count). The number of ether oxygens (including phenoxy) is 2. The molecule has 9 heteroatoms. The molecule has 0 radical (unpaired) electrons. The molecule has 0 saturated carbocycles. The Kier molecular flexibility index (Phi) is 6.63. The molecule has 0 atom stereocenters. The Bertz CT molecular complexity index is 1200. The summed E-state index contributed by atoms with van der Waals surface area (Å²) in [4.78, 5) is 44.5. The van der Waals surface area contributed by atoms with Gasteiger partial charge in [-0.25, -0.2) is 9.59 Å². The van der Waals surface area contributed by atoms with E-state index in [4.69, 9.17) is 9.47 Å². The van der Waals surface area contributed by atoms with E-state index in [0.717, 1.165) is 10.1 Å². The standard InChI is InChI=1S/C21H26N4O5/c1-5-24-17-15(18(26)25(6-2)21(24)28)16(22-20(27)23-17)13-9-11-14(12-10-13)19(29-7-3)30-8-4/h9-12,19H,5-8H2,1-4H3,(H,22,23,27). The van der Waals surface area contributed by atoms with Crippen LogP contribution in [0, 0.1) is 0 Å². The maximum Gasteiger partial charge on any atom is 0.347 e. The van der Waals surface area contributed by atoms with Gasteiger partial charge in [0.15, 0.2) is 11.9 Å². The van der Waals surface area contributed by atoms with Gasteiger partial charge < -0.3 is 14.5 Å². The molecule has 2 aromatic heterocycles. The van der Waals surface area contributed by atoms with Crippen molar-refractivity contribution in [1.82, 2.24) is 19.1 Å². The molecule has 2 heterocycles. The van der Waals surface area contributed by atoms with E-state index in [2.05, 4.69) is 9.97 Å². The minimum Gasteiger partial charge on any atom is -0.349 e. The summed E-state index contributed by atoms with van der Waals surface area (Å²) in [6.07, 6.45) is -0.495. The molecular weight excluding hydrogens is 388 g/mol. The van der Waals surface area contributed by atoms with Gasteiger partial charge in [-0.1, -0.05) is 24.3 Å². The van der Waals surface area contributed by atoms with Gasteiger partial charge in [-0.05, 0) is 33.3 Å². The molecule has 9 nitrogen and oxygen atoms in total. The second-order valence-electron chi connectivity index (χ2n) is 6.56. The first kappa shape index (κ1) is 21.7. The Morgan fingerprint density at radius 3 is 2.07 bits per heavy atom. The first-order chi connectivity index (χ1) is 14.5. The lowest BCUT2D eigenvalue weighted by atomic mass is 10.1. The predicted octanol–water partition coefficient (Wildman–Crippen LogP) is 2.02. The van der Waals surface area contributed by atoms with Gasteiger partial charge >= 0.3 is 11.4 Å². The van der Waals surface area contributed by atoms with E-state index in [1.807, 2.05) is 26.0 Å². The molecule has 3 aromatic rings. The van der Waals surface area contributed by atoms with Crippen molar-refractivity contribution in [2.75, 3.05) is 13.2 Å². The van der Waals surface area contributed by atoms with Crippen LogP contribution in [0.2, 0.25) is 0 Å². The number of rotatable bonds is 8. The lowest BCUT2D eigenvalue weighted by molar-refractivity contribution is -0.140. The number of nitrogens with zero attached hydrogens (tertiary/aromatic N) is 3. The summed E-state index contributed by atoms with van der Waals surface area (Å²) in [7, 11) is 0. The molecule has 0 unspecified atom stereocenters. The van der Waals surface area contributed by atoms with Crippen molar-refractivity contribution in [2.24, 2.45) is 0 Å². The summed E-state index contributed by atoms with van der Waals surface area (Å²) >= 11 is 0. The van der Waals surface area contributed by atoms with Crippen LogP contribution in [-0.2, 0) is 22.6 Å². The van der Waals surface area contributed by atoms with Crippen LogP contribution in [0.15, 0.2) is 38.6 Å². The van der Waals surface area contributed by atoms with Gasteiger partial charge in [0, 0.05) is 31.9 Å². The fourth-order valence-electron chi connectivity index (χ4n) is 3.45. The highest BCUT2D eigenvalue weighted by Crippen LogP contribution is 2.25. The van der Waals surface area contributed by atoms with E-state index in [9.17, 15) is 14.4 Å². The number of aryl methyl sites for hydroxylation is 1. The van der Waals surface area contributed by atoms with E-state index < -0.39 is 23.2 Å². The summed E-state index contributed by atoms with van der Waals surface area (Å²) in [5.41, 5.74) is 0.269. The number of H-pyrrole nitrogens is 1. The number of aromatic amines is 1. The van der Waals surface area contributed by atoms with Crippen LogP contribution in [0.5, 0.6) is 0 Å². The number of hydrogen-bond donors (Lipinski definition) is 1. The normalized spacial score (nSPS) is 11.5. The minimum absolute atomic E-state index is 0.0848. The number of nitrogens with one attached hydrogen (secondary N) is 1. The number of benzene rings is 1. The summed E-state index contributed by atoms with van der Waals surface area (Å²) < 4.78 is 13.7. The second kappa shape index (κ2) is 9.19. The molecule has 0 fully saturated rings. The highest BCUT2D eigenvalue weighted by atomic mass is 16.7. The molecule has 0 saturated heterocycles. The smallest absolute Gasteiger partial charge is 0.347 e. The Balaban J connectivity index is 2.25. The van der Waals surface area contributed by atoms with Gasteiger partial charge in [-0.2, -0.15) is 4.98 Å². The summed E-state index contributed by atoms with van der Waals surface area (Å²) in [5.74, 6) is 0. The quantitative estimate of drug-likeness (QED) is 0.565. The number of aromatic nitrogens is 4. The summed E-state index contributed by atoms with van der Waals surface area (Å²) in [5, 5.41) is 0.205. The third-order valence-corrected chi connectivity index (χ3v) is 4.83. The van der Waals surface area contributed by atoms with E-state index in [1.54, 1.807) is 26.0 Å². The van der Waals surface area contributed by atoms with Gasteiger partial charge in [-0.15, -0.1) is 0 Å². The zero-order valence-corrected chi connectivity index (χ0v) is 17.6. The molecule has 0 aliphatic heterocycles. The molecule has 0 aliphatic rings. The summed E-state index contributed by atoms with van der Waals surface area (Å²) in [6.45, 7) is 8.78. The van der Waals surface area contributed by atoms with Crippen molar-refractivity contribution in [2.45, 2.75) is 47.1 Å². The average molecular weight is 414 g/mol. The molecule has 1 N–H and O–H groups in total. The van der Waals surface area contributed by atoms with Gasteiger partial charge in [0.2, 0.25) is 0 Å². The van der Waals surface area contributed by atoms with Crippen molar-refractivity contribution >= 4 is 11.0 Å². The van der Waals surface area contributed by atoms with E-state index >= 15 is 0 Å². The van der Waals surface area contributed by atoms with Gasteiger partial charge in [0.1, 0.15) is 5.39 Å². The maximum absolute atomic E-state index is 13.0. The maximum atomic E-state index is 13.0. The zero-order valence-electron chi connectivity index (χ0n) is 17.6. The van der Waals surface area contributed by atoms with Crippen LogP contribution in [0.25, 0.3) is 22.3 Å². The van der Waals surface area contributed by atoms with Crippen LogP contribution < -0.4 is 16.9 Å². The Morgan fingerprint density at radius 1 is 0.933 bits per heavy atom. The largest absolute Gasteiger partial charge is 0.349 e. The van der Waals surface area contributed by atoms with Crippen LogP contribution >= 0.6 is 0 Å². The molecule has 0 aliphatic carbocycles. The third kappa shape index (κ3) is 3.86. The Morgan fingerprint density at radius 2 is 1.53 bits per heavy atom. The fraction of sp³-hybridized carbons (Fsp3) is 0.429. The highest BCUT2D eigenvalue weighted by molar-refractivity contribution is 5.89. The van der Waals surface area contributed by atoms with Crippen LogP contribution in [0.4, 0.5) is 0 Å². The molecule has 1 aromatic carbocycles. The SMILES string of the molecule is CCOC(OCC)c1ccc(-c2[nH]c(=O)nc3c2c(=O)n(CC)c(=O)n3CC)cc1. The Hall–Kier alpha value is -3.04. The third-order valence-electron chi connectivity index (χ3n) is 4.83. The van der Waals surface area contributed by atoms with Crippen molar-refractivity contribution in [3.8, 4) is 11.3 Å². The lowest BCUT2D eigenvalue weighted by Gasteiger charge is -2.18. The van der Waals surface area contributed by atoms with Gasteiger partial charge in [0.25, 0.3) is 5.56 Å². The molecule has 0 spiro atoms. The molecule has 0 amide bonds. The van der Waals surface area contributed by atoms with E-state index in [-0.39, 0.29) is 24.1 Å². The van der Waals surface area contributed by atoms with Crippen molar-refractivity contribution in [3.05, 3.63) is 61.2 Å². The average Bonchev–Trinajstić information content (AvgIpc) is 2.74. The first-order valence-electron chi connectivity index (χ1n) is 10.1. The molecule has 0 bridgehead atoms. The van der Waals surface area contributed by atoms with E-state index in [0.29, 0.717) is 24.5 Å². The van der Waals surface area contributed by atoms with Crippen LogP contribution in [0.1, 0.15) is 39.5 Å². The van der Waals surface area contributed by atoms with Crippen molar-refractivity contribution in [1.29, 1.82) is 0 Å². The fourth-order valence-corrected chi connectivity index (χ4v) is 3.45. The molecular formula is C21H26N4O5. The van der Waals surface area contributed by atoms with Crippen LogP contribution in [0.3, 0.4) is 0 Å². The minimum atomic E-state index is -0.627. The zero-order chi connectivity index (χ0) is 21.8. The second-order valence-corrected chi connectivity index (χ2v) is 6.56. The van der Waals surface area contributed by atoms with Gasteiger partial charge in [-0.3, -0.25) is 13.9 Å². The summed E-state index contributed by atoms with van der Waals surface area (Å²) in [6, 6.07) is 7.21. The van der Waals surface area contributed by atoms with Crippen molar-refractivity contribution < 1.29 is 9.47 Å². The van der Waals surface area contributed by atoms with Crippen molar-refractivity contribution in [3.63, 3.8) is 0 Å². The number of fused-ring (bicyclic) bond motifs is 1. The topological polar surface area (TPSA) is 108 Å². The molecule has 30 heavy (non-hydrogen) atoms. The van der Waals surface area contributed by atoms with Crippen LogP contribution in [-0.4, -0.2) is 32.3 Å². The number of hydrogen-bond acceptors (Lipinski definition) is 6. The Labute approximate surface area is 172 Å². The van der Waals surface area contributed by atoms with Gasteiger partial charge in [0.05, 0.1) is 5.69 Å². The lowest BCUT2D eigenvalue weighted by Crippen LogP contribution is -2.41. The molecule has 160 valence electrons. The highest BCUT2D eigenvalue weighted by Gasteiger charge is 2.19. The predicted molar refractivity (Wildman–Crippen MR) is 114 cm³/mol. The van der Waals surface area contributed by atoms with E-state index in [1.165, 1.54) is 4.57 Å². The monoisotopic (exact) mass is 414 g/mol. The first-order valence-corrected chi connectivity index (χ1v) is 10.1.